The predicted octanol–water partition coefficient (Wildman–Crippen LogP) is 2.42. The highest BCUT2D eigenvalue weighted by molar-refractivity contribution is 5.48. The molecule has 0 bridgehead atoms. The lowest BCUT2D eigenvalue weighted by molar-refractivity contribution is 1.04. The third-order valence-electron chi connectivity index (χ3n) is 1.97. The summed E-state index contributed by atoms with van der Waals surface area (Å²) in [6.07, 6.45) is 0.971. The third-order valence-corrected chi connectivity index (χ3v) is 1.97. The zero-order chi connectivity index (χ0) is 9.68. The van der Waals surface area contributed by atoms with Gasteiger partial charge in [0.15, 0.2) is 0 Å². The van der Waals surface area contributed by atoms with Gasteiger partial charge in [0.25, 0.3) is 0 Å². The van der Waals surface area contributed by atoms with Crippen molar-refractivity contribution >= 4 is 5.69 Å². The van der Waals surface area contributed by atoms with Crippen molar-refractivity contribution in [3.63, 3.8) is 0 Å². The van der Waals surface area contributed by atoms with Crippen LogP contribution in [0, 0.1) is 0 Å². The Hall–Kier alpha value is -1.22. The fourth-order valence-electron chi connectivity index (χ4n) is 1.24. The van der Waals surface area contributed by atoms with Crippen molar-refractivity contribution in [1.29, 1.82) is 0 Å². The third kappa shape index (κ3) is 2.36. The van der Waals surface area contributed by atoms with E-state index in [2.05, 4.69) is 23.2 Å². The van der Waals surface area contributed by atoms with Gasteiger partial charge in [-0.1, -0.05) is 19.1 Å². The molecule has 1 rings (SSSR count). The Bertz CT molecular complexity index is 305. The summed E-state index contributed by atoms with van der Waals surface area (Å²) in [7, 11) is 1.68. The van der Waals surface area contributed by atoms with Crippen LogP contribution in [0.15, 0.2) is 28.4 Å². The molecule has 13 heavy (non-hydrogen) atoms. The minimum atomic E-state index is 0.552. The lowest BCUT2D eigenvalue weighted by atomic mass is 10.1. The molecule has 0 atom stereocenters. The summed E-state index contributed by atoms with van der Waals surface area (Å²) in [4.78, 5) is 0. The largest absolute Gasteiger partial charge is 0.326 e. The first kappa shape index (κ1) is 9.86. The number of nitrogens with zero attached hydrogens (tertiary/aromatic N) is 2. The highest BCUT2D eigenvalue weighted by atomic mass is 15.1. The van der Waals surface area contributed by atoms with E-state index in [1.165, 1.54) is 5.56 Å². The molecule has 0 spiro atoms. The second kappa shape index (κ2) is 4.72. The molecule has 1 aromatic carbocycles. The number of hydrogen-bond donors (Lipinski definition) is 1. The monoisotopic (exact) mass is 177 g/mol. The van der Waals surface area contributed by atoms with Gasteiger partial charge in [-0.15, -0.1) is 0 Å². The summed E-state index contributed by atoms with van der Waals surface area (Å²) in [6, 6.07) is 6.09. The second-order valence-corrected chi connectivity index (χ2v) is 2.82. The molecule has 0 saturated heterocycles. The average Bonchev–Trinajstić information content (AvgIpc) is 2.18. The highest BCUT2D eigenvalue weighted by Gasteiger charge is 2.00. The molecule has 0 aliphatic rings. The van der Waals surface area contributed by atoms with Gasteiger partial charge >= 0.3 is 0 Å². The first-order valence-electron chi connectivity index (χ1n) is 4.43. The minimum Gasteiger partial charge on any atom is -0.326 e. The number of azo groups is 1. The van der Waals surface area contributed by atoms with Crippen LogP contribution in [0.2, 0.25) is 0 Å². The van der Waals surface area contributed by atoms with Crippen LogP contribution in [-0.4, -0.2) is 7.05 Å². The Labute approximate surface area is 78.7 Å². The summed E-state index contributed by atoms with van der Waals surface area (Å²) in [6.45, 7) is 2.66. The van der Waals surface area contributed by atoms with Crippen molar-refractivity contribution in [3.05, 3.63) is 29.3 Å². The second-order valence-electron chi connectivity index (χ2n) is 2.82. The van der Waals surface area contributed by atoms with Crippen molar-refractivity contribution < 1.29 is 0 Å². The maximum absolute atomic E-state index is 5.53. The number of hydrogen-bond acceptors (Lipinski definition) is 3. The van der Waals surface area contributed by atoms with Crippen molar-refractivity contribution in [1.82, 2.24) is 0 Å². The molecule has 0 fully saturated rings. The van der Waals surface area contributed by atoms with E-state index in [4.69, 9.17) is 5.73 Å². The summed E-state index contributed by atoms with van der Waals surface area (Å²) in [5.41, 5.74) is 8.78. The van der Waals surface area contributed by atoms with Crippen LogP contribution in [-0.2, 0) is 13.0 Å². The van der Waals surface area contributed by atoms with Crippen LogP contribution in [0.1, 0.15) is 18.1 Å². The summed E-state index contributed by atoms with van der Waals surface area (Å²) < 4.78 is 0. The Morgan fingerprint density at radius 1 is 1.38 bits per heavy atom. The van der Waals surface area contributed by atoms with Gasteiger partial charge in [0.1, 0.15) is 0 Å². The number of benzene rings is 1. The zero-order valence-electron chi connectivity index (χ0n) is 8.12. The van der Waals surface area contributed by atoms with Gasteiger partial charge < -0.3 is 5.73 Å². The van der Waals surface area contributed by atoms with Gasteiger partial charge in [0.2, 0.25) is 0 Å². The Morgan fingerprint density at radius 2 is 2.15 bits per heavy atom. The fourth-order valence-corrected chi connectivity index (χ4v) is 1.24. The van der Waals surface area contributed by atoms with Crippen LogP contribution in [0.25, 0.3) is 0 Å². The van der Waals surface area contributed by atoms with E-state index >= 15 is 0 Å². The summed E-state index contributed by atoms with van der Waals surface area (Å²) in [5.74, 6) is 0. The van der Waals surface area contributed by atoms with E-state index < -0.39 is 0 Å². The first-order chi connectivity index (χ1) is 6.31. The SMILES string of the molecule is CCc1ccc(CN)cc1/N=N/C. The number of aryl methyl sites for hydroxylation is 1. The Kier molecular flexibility index (Phi) is 3.58. The highest BCUT2D eigenvalue weighted by Crippen LogP contribution is 2.21. The molecule has 3 heteroatoms. The van der Waals surface area contributed by atoms with E-state index in [0.29, 0.717) is 6.54 Å². The fraction of sp³-hybridized carbons (Fsp3) is 0.400. The van der Waals surface area contributed by atoms with Crippen molar-refractivity contribution in [3.8, 4) is 0 Å². The van der Waals surface area contributed by atoms with Crippen LogP contribution in [0.3, 0.4) is 0 Å². The maximum Gasteiger partial charge on any atom is 0.0887 e. The van der Waals surface area contributed by atoms with Crippen molar-refractivity contribution in [2.45, 2.75) is 19.9 Å². The van der Waals surface area contributed by atoms with E-state index in [9.17, 15) is 0 Å². The smallest absolute Gasteiger partial charge is 0.0887 e. The Morgan fingerprint density at radius 3 is 2.69 bits per heavy atom. The van der Waals surface area contributed by atoms with Gasteiger partial charge in [0.05, 0.1) is 5.69 Å². The molecule has 0 aliphatic heterocycles. The van der Waals surface area contributed by atoms with Crippen LogP contribution < -0.4 is 5.73 Å². The quantitative estimate of drug-likeness (QED) is 0.708. The van der Waals surface area contributed by atoms with Gasteiger partial charge in [-0.25, -0.2) is 0 Å². The van der Waals surface area contributed by atoms with Gasteiger partial charge in [-0.05, 0) is 23.6 Å². The average molecular weight is 177 g/mol. The Balaban J connectivity index is 3.09. The van der Waals surface area contributed by atoms with E-state index in [1.54, 1.807) is 7.05 Å². The van der Waals surface area contributed by atoms with Gasteiger partial charge in [-0.3, -0.25) is 0 Å². The van der Waals surface area contributed by atoms with Crippen LogP contribution in [0.5, 0.6) is 0 Å². The molecule has 0 aromatic heterocycles. The van der Waals surface area contributed by atoms with Crippen LogP contribution >= 0.6 is 0 Å². The molecule has 0 unspecified atom stereocenters. The molecular weight excluding hydrogens is 162 g/mol. The molecule has 0 saturated carbocycles. The lowest BCUT2D eigenvalue weighted by Crippen LogP contribution is -1.96. The zero-order valence-corrected chi connectivity index (χ0v) is 8.12. The molecule has 0 heterocycles. The molecule has 70 valence electrons. The van der Waals surface area contributed by atoms with E-state index in [-0.39, 0.29) is 0 Å². The normalized spacial score (nSPS) is 11.0. The van der Waals surface area contributed by atoms with E-state index in [0.717, 1.165) is 17.7 Å². The first-order valence-corrected chi connectivity index (χ1v) is 4.43. The summed E-state index contributed by atoms with van der Waals surface area (Å²) >= 11 is 0. The number of rotatable bonds is 3. The van der Waals surface area contributed by atoms with Gasteiger partial charge in [0, 0.05) is 13.6 Å². The minimum absolute atomic E-state index is 0.552. The molecule has 3 nitrogen and oxygen atoms in total. The van der Waals surface area contributed by atoms with E-state index in [1.807, 2.05) is 12.1 Å². The molecule has 0 radical (unpaired) electrons. The predicted molar refractivity (Wildman–Crippen MR) is 54.2 cm³/mol. The standard InChI is InChI=1S/C10H15N3/c1-3-9-5-4-8(7-11)6-10(9)13-12-2/h4-6H,3,7,11H2,1-2H3/b13-12+. The van der Waals surface area contributed by atoms with Crippen LogP contribution in [0.4, 0.5) is 5.69 Å². The summed E-state index contributed by atoms with van der Waals surface area (Å²) in [5, 5.41) is 7.83. The molecular formula is C10H15N3. The molecule has 1 aromatic rings. The number of nitrogens with two attached hydrogens (primary N) is 1. The van der Waals surface area contributed by atoms with Crippen molar-refractivity contribution in [2.24, 2.45) is 16.0 Å². The lowest BCUT2D eigenvalue weighted by Gasteiger charge is -2.03. The van der Waals surface area contributed by atoms with Gasteiger partial charge in [-0.2, -0.15) is 10.2 Å². The van der Waals surface area contributed by atoms with Crippen molar-refractivity contribution in [2.75, 3.05) is 7.05 Å². The molecule has 0 amide bonds. The molecule has 0 aliphatic carbocycles. The topological polar surface area (TPSA) is 50.7 Å². The maximum atomic E-state index is 5.53. The molecule has 2 N–H and O–H groups in total.